The Hall–Kier alpha value is -4.63. The molecule has 9 heteroatoms. The fourth-order valence-electron chi connectivity index (χ4n) is 4.84. The number of hydrogen-bond acceptors (Lipinski definition) is 5. The van der Waals surface area contributed by atoms with Crippen molar-refractivity contribution >= 4 is 34.5 Å². The van der Waals surface area contributed by atoms with Crippen LogP contribution in [0.4, 0.5) is 10.5 Å². The van der Waals surface area contributed by atoms with Gasteiger partial charge in [0.15, 0.2) is 0 Å². The Morgan fingerprint density at radius 3 is 2.55 bits per heavy atom. The third-order valence-electron chi connectivity index (χ3n) is 7.02. The van der Waals surface area contributed by atoms with Crippen molar-refractivity contribution in [2.45, 2.75) is 44.8 Å². The van der Waals surface area contributed by atoms with Crippen LogP contribution in [0.15, 0.2) is 79.0 Å². The normalized spacial score (nSPS) is 13.8. The van der Waals surface area contributed by atoms with Crippen molar-refractivity contribution in [2.75, 3.05) is 11.9 Å². The minimum absolute atomic E-state index is 0.170. The minimum atomic E-state index is -1.13. The highest BCUT2D eigenvalue weighted by atomic mass is 16.6. The van der Waals surface area contributed by atoms with Crippen LogP contribution in [-0.4, -0.2) is 45.9 Å². The maximum absolute atomic E-state index is 13.8. The van der Waals surface area contributed by atoms with Crippen LogP contribution in [-0.2, 0) is 29.0 Å². The number of fused-ring (bicyclic) bond motifs is 2. The molecule has 40 heavy (non-hydrogen) atoms. The molecule has 3 amide bonds. The minimum Gasteiger partial charge on any atom is -0.410 e. The molecule has 0 radical (unpaired) electrons. The van der Waals surface area contributed by atoms with E-state index in [1.165, 1.54) is 0 Å². The van der Waals surface area contributed by atoms with Crippen LogP contribution in [0.5, 0.6) is 5.75 Å². The Bertz CT molecular complexity index is 1540. The number of aromatic nitrogens is 1. The molecule has 1 aromatic heterocycles. The Morgan fingerprint density at radius 2 is 1.77 bits per heavy atom. The van der Waals surface area contributed by atoms with Gasteiger partial charge in [0, 0.05) is 42.3 Å². The zero-order chi connectivity index (χ0) is 28.3. The first-order chi connectivity index (χ1) is 19.2. The van der Waals surface area contributed by atoms with Crippen molar-refractivity contribution in [2.24, 2.45) is 5.73 Å². The van der Waals surface area contributed by atoms with Gasteiger partial charge in [-0.05, 0) is 67.3 Å². The van der Waals surface area contributed by atoms with Gasteiger partial charge in [-0.3, -0.25) is 14.9 Å². The maximum Gasteiger partial charge on any atom is 0.417 e. The molecule has 9 nitrogen and oxygen atoms in total. The average Bonchev–Trinajstić information content (AvgIpc) is 3.34. The molecular weight excluding hydrogens is 506 g/mol. The second kappa shape index (κ2) is 11.2. The van der Waals surface area contributed by atoms with E-state index in [0.29, 0.717) is 37.4 Å². The fourth-order valence-corrected chi connectivity index (χ4v) is 4.84. The Morgan fingerprint density at radius 1 is 1.02 bits per heavy atom. The van der Waals surface area contributed by atoms with E-state index in [-0.39, 0.29) is 5.91 Å². The summed E-state index contributed by atoms with van der Waals surface area (Å²) < 4.78 is 5.47. The number of anilines is 1. The van der Waals surface area contributed by atoms with Crippen molar-refractivity contribution in [1.82, 2.24) is 15.2 Å². The molecule has 0 unspecified atom stereocenters. The van der Waals surface area contributed by atoms with Gasteiger partial charge in [0.1, 0.15) is 11.8 Å². The first-order valence-electron chi connectivity index (χ1n) is 13.3. The van der Waals surface area contributed by atoms with Gasteiger partial charge in [-0.1, -0.05) is 42.5 Å². The molecule has 4 aromatic rings. The molecule has 5 rings (SSSR count). The number of rotatable bonds is 7. The Kier molecular flexibility index (Phi) is 7.57. The zero-order valence-electron chi connectivity index (χ0n) is 22.6. The monoisotopic (exact) mass is 539 g/mol. The van der Waals surface area contributed by atoms with Crippen LogP contribution in [0.3, 0.4) is 0 Å². The smallest absolute Gasteiger partial charge is 0.410 e. The number of H-pyrrole nitrogens is 1. The summed E-state index contributed by atoms with van der Waals surface area (Å²) in [5.41, 5.74) is 9.44. The van der Waals surface area contributed by atoms with Crippen molar-refractivity contribution in [3.8, 4) is 5.75 Å². The van der Waals surface area contributed by atoms with E-state index < -0.39 is 23.6 Å². The molecule has 1 aliphatic heterocycles. The summed E-state index contributed by atoms with van der Waals surface area (Å²) in [6, 6.07) is 21.6. The van der Waals surface area contributed by atoms with Crippen LogP contribution >= 0.6 is 0 Å². The van der Waals surface area contributed by atoms with E-state index in [1.54, 1.807) is 36.9 Å². The van der Waals surface area contributed by atoms with Crippen LogP contribution < -0.4 is 21.1 Å². The van der Waals surface area contributed by atoms with Crippen LogP contribution in [0, 0.1) is 0 Å². The molecule has 0 spiro atoms. The van der Waals surface area contributed by atoms with Crippen molar-refractivity contribution in [3.05, 3.63) is 95.7 Å². The van der Waals surface area contributed by atoms with Gasteiger partial charge in [0.25, 0.3) is 0 Å². The van der Waals surface area contributed by atoms with E-state index in [1.807, 2.05) is 60.8 Å². The van der Waals surface area contributed by atoms with Crippen LogP contribution in [0.2, 0.25) is 0 Å². The van der Waals surface area contributed by atoms with Gasteiger partial charge in [-0.2, -0.15) is 0 Å². The third kappa shape index (κ3) is 6.16. The van der Waals surface area contributed by atoms with Gasteiger partial charge in [0.2, 0.25) is 11.8 Å². The molecular formula is C31H33N5O4. The lowest BCUT2D eigenvalue weighted by atomic mass is 9.97. The highest BCUT2D eigenvalue weighted by molar-refractivity contribution is 5.92. The van der Waals surface area contributed by atoms with E-state index >= 15 is 0 Å². The molecule has 0 fully saturated rings. The first kappa shape index (κ1) is 27.0. The lowest BCUT2D eigenvalue weighted by Gasteiger charge is -2.33. The Balaban J connectivity index is 1.29. The first-order valence-corrected chi connectivity index (χ1v) is 13.3. The summed E-state index contributed by atoms with van der Waals surface area (Å²) in [7, 11) is 0. The molecule has 206 valence electrons. The molecule has 0 saturated heterocycles. The van der Waals surface area contributed by atoms with Crippen molar-refractivity contribution in [3.63, 3.8) is 0 Å². The molecule has 0 aliphatic carbocycles. The maximum atomic E-state index is 13.8. The molecule has 0 bridgehead atoms. The molecule has 3 aromatic carbocycles. The van der Waals surface area contributed by atoms with Gasteiger partial charge in [-0.25, -0.2) is 4.79 Å². The number of aromatic amines is 1. The molecule has 5 N–H and O–H groups in total. The topological polar surface area (TPSA) is 130 Å². The number of nitrogens with two attached hydrogens (primary N) is 1. The van der Waals surface area contributed by atoms with Crippen LogP contribution in [0.1, 0.15) is 30.5 Å². The number of benzene rings is 3. The number of carbonyl (C=O) groups excluding carboxylic acids is 3. The van der Waals surface area contributed by atoms with Gasteiger partial charge in [-0.15, -0.1) is 0 Å². The van der Waals surface area contributed by atoms with E-state index in [4.69, 9.17) is 10.5 Å². The third-order valence-corrected chi connectivity index (χ3v) is 7.02. The predicted molar refractivity (Wildman–Crippen MR) is 154 cm³/mol. The van der Waals surface area contributed by atoms with E-state index in [9.17, 15) is 14.4 Å². The van der Waals surface area contributed by atoms with Crippen molar-refractivity contribution in [1.29, 1.82) is 0 Å². The number of para-hydroxylation sites is 2. The highest BCUT2D eigenvalue weighted by Crippen LogP contribution is 2.26. The molecule has 1 atom stereocenters. The van der Waals surface area contributed by atoms with Crippen LogP contribution in [0.25, 0.3) is 10.9 Å². The predicted octanol–water partition coefficient (Wildman–Crippen LogP) is 4.13. The number of amides is 3. The van der Waals surface area contributed by atoms with Crippen molar-refractivity contribution < 1.29 is 19.1 Å². The summed E-state index contributed by atoms with van der Waals surface area (Å²) in [4.78, 5) is 43.9. The lowest BCUT2D eigenvalue weighted by molar-refractivity contribution is -0.138. The number of carbonyl (C=O) groups is 3. The quantitative estimate of drug-likeness (QED) is 0.281. The van der Waals surface area contributed by atoms with Gasteiger partial charge >= 0.3 is 6.09 Å². The SMILES string of the molecule is CC(C)(N)C(=O)N[C@H](Cc1c[nH]c2ccccc12)C(=O)N1CCc2cc(OC(=O)Nc3ccccc3)ccc2C1. The Labute approximate surface area is 232 Å². The highest BCUT2D eigenvalue weighted by Gasteiger charge is 2.32. The standard InChI is InChI=1S/C31H33N5O4/c1-31(2,32)29(38)35-27(17-22-18-33-26-11-7-6-10-25(22)26)28(37)36-15-14-20-16-24(13-12-21(20)19-36)40-30(39)34-23-8-4-3-5-9-23/h3-13,16,18,27,33H,14-15,17,19,32H2,1-2H3,(H,34,39)(H,35,38)/t27-/m1/s1. The summed E-state index contributed by atoms with van der Waals surface area (Å²) in [6.45, 7) is 4.09. The van der Waals surface area contributed by atoms with Gasteiger partial charge in [0.05, 0.1) is 5.54 Å². The second-order valence-corrected chi connectivity index (χ2v) is 10.6. The summed E-state index contributed by atoms with van der Waals surface area (Å²) in [6.07, 6.45) is 2.23. The number of hydrogen-bond donors (Lipinski definition) is 4. The average molecular weight is 540 g/mol. The number of ether oxygens (including phenoxy) is 1. The largest absolute Gasteiger partial charge is 0.417 e. The fraction of sp³-hybridized carbons (Fsp3) is 0.258. The van der Waals surface area contributed by atoms with E-state index in [2.05, 4.69) is 15.6 Å². The lowest BCUT2D eigenvalue weighted by Crippen LogP contribution is -2.57. The molecule has 0 saturated carbocycles. The summed E-state index contributed by atoms with van der Waals surface area (Å²) in [5, 5.41) is 6.61. The zero-order valence-corrected chi connectivity index (χ0v) is 22.6. The number of nitrogens with one attached hydrogen (secondary N) is 3. The van der Waals surface area contributed by atoms with Gasteiger partial charge < -0.3 is 25.7 Å². The summed E-state index contributed by atoms with van der Waals surface area (Å²) in [5.74, 6) is -0.128. The second-order valence-electron chi connectivity index (χ2n) is 10.6. The summed E-state index contributed by atoms with van der Waals surface area (Å²) >= 11 is 0. The number of nitrogens with zero attached hydrogens (tertiary/aromatic N) is 1. The molecule has 1 aliphatic rings. The molecule has 2 heterocycles. The van der Waals surface area contributed by atoms with E-state index in [0.717, 1.165) is 27.6 Å².